The summed E-state index contributed by atoms with van der Waals surface area (Å²) in [5.41, 5.74) is 0.916. The number of halogens is 1. The van der Waals surface area contributed by atoms with Crippen LogP contribution in [0.5, 0.6) is 0 Å². The fraction of sp³-hybridized carbons (Fsp3) is 0.533. The molecule has 0 aliphatic rings. The molecule has 104 valence electrons. The van der Waals surface area contributed by atoms with Gasteiger partial charge in [0.1, 0.15) is 5.54 Å². The highest BCUT2D eigenvalue weighted by Gasteiger charge is 2.20. The van der Waals surface area contributed by atoms with E-state index in [9.17, 15) is 0 Å². The van der Waals surface area contributed by atoms with Crippen molar-refractivity contribution >= 4 is 23.4 Å². The molecule has 1 rings (SSSR count). The van der Waals surface area contributed by atoms with Crippen LogP contribution in [0.4, 0.5) is 0 Å². The Labute approximate surface area is 125 Å². The number of nitriles is 1. The molecule has 0 saturated carbocycles. The Balaban J connectivity index is 2.21. The summed E-state index contributed by atoms with van der Waals surface area (Å²) in [5, 5.41) is 13.2. The smallest absolute Gasteiger partial charge is 0.103 e. The molecule has 1 aromatic carbocycles. The fourth-order valence-electron chi connectivity index (χ4n) is 1.87. The Hall–Kier alpha value is -0.690. The fourth-order valence-corrected chi connectivity index (χ4v) is 2.92. The van der Waals surface area contributed by atoms with Crippen LogP contribution in [0.2, 0.25) is 5.02 Å². The maximum absolute atomic E-state index is 9.15. The second kappa shape index (κ2) is 8.47. The van der Waals surface area contributed by atoms with Crippen LogP contribution in [0.15, 0.2) is 24.3 Å². The molecule has 1 aromatic rings. The number of nitrogens with one attached hydrogen (secondary N) is 1. The summed E-state index contributed by atoms with van der Waals surface area (Å²) in [7, 11) is 0. The van der Waals surface area contributed by atoms with Crippen LogP contribution >= 0.6 is 23.4 Å². The Morgan fingerprint density at radius 2 is 2.05 bits per heavy atom. The first-order chi connectivity index (χ1) is 9.09. The van der Waals surface area contributed by atoms with Gasteiger partial charge in [0, 0.05) is 10.8 Å². The van der Waals surface area contributed by atoms with E-state index in [1.165, 1.54) is 5.56 Å². The molecule has 0 aliphatic heterocycles. The Morgan fingerprint density at radius 1 is 1.37 bits per heavy atom. The van der Waals surface area contributed by atoms with E-state index in [-0.39, 0.29) is 5.54 Å². The van der Waals surface area contributed by atoms with E-state index in [0.29, 0.717) is 0 Å². The van der Waals surface area contributed by atoms with Gasteiger partial charge in [-0.25, -0.2) is 0 Å². The maximum Gasteiger partial charge on any atom is 0.103 e. The average Bonchev–Trinajstić information content (AvgIpc) is 2.41. The van der Waals surface area contributed by atoms with Crippen molar-refractivity contribution in [1.82, 2.24) is 5.32 Å². The highest BCUT2D eigenvalue weighted by Crippen LogP contribution is 2.18. The van der Waals surface area contributed by atoms with Crippen molar-refractivity contribution in [3.8, 4) is 6.07 Å². The van der Waals surface area contributed by atoms with Crippen molar-refractivity contribution < 1.29 is 0 Å². The molecule has 19 heavy (non-hydrogen) atoms. The van der Waals surface area contributed by atoms with E-state index in [1.807, 2.05) is 37.7 Å². The molecular weight excluding hydrogens is 276 g/mol. The van der Waals surface area contributed by atoms with Crippen LogP contribution in [-0.4, -0.2) is 17.8 Å². The van der Waals surface area contributed by atoms with Crippen molar-refractivity contribution in [3.63, 3.8) is 0 Å². The van der Waals surface area contributed by atoms with Crippen molar-refractivity contribution in [2.24, 2.45) is 0 Å². The number of rotatable bonds is 8. The number of benzene rings is 1. The lowest BCUT2D eigenvalue weighted by Gasteiger charge is -2.22. The highest BCUT2D eigenvalue weighted by atomic mass is 35.5. The lowest BCUT2D eigenvalue weighted by molar-refractivity contribution is 0.426. The molecule has 2 nitrogen and oxygen atoms in total. The average molecular weight is 297 g/mol. The summed E-state index contributed by atoms with van der Waals surface area (Å²) in [6.45, 7) is 4.84. The summed E-state index contributed by atoms with van der Waals surface area (Å²) in [4.78, 5) is 0. The zero-order valence-electron chi connectivity index (χ0n) is 11.6. The van der Waals surface area contributed by atoms with Crippen LogP contribution in [-0.2, 0) is 5.75 Å². The van der Waals surface area contributed by atoms with Crippen LogP contribution in [0.3, 0.4) is 0 Å². The van der Waals surface area contributed by atoms with Gasteiger partial charge in [-0.2, -0.15) is 17.0 Å². The van der Waals surface area contributed by atoms with E-state index >= 15 is 0 Å². The number of hydrogen-bond acceptors (Lipinski definition) is 3. The molecule has 0 bridgehead atoms. The zero-order chi connectivity index (χ0) is 14.1. The molecule has 0 amide bonds. The van der Waals surface area contributed by atoms with Gasteiger partial charge in [0.15, 0.2) is 0 Å². The summed E-state index contributed by atoms with van der Waals surface area (Å²) in [5.74, 6) is 2.08. The van der Waals surface area contributed by atoms with E-state index < -0.39 is 0 Å². The maximum atomic E-state index is 9.15. The number of thioether (sulfide) groups is 1. The molecule has 0 saturated heterocycles. The molecule has 0 radical (unpaired) electrons. The number of hydrogen-bond donors (Lipinski definition) is 1. The second-order valence-corrected chi connectivity index (χ2v) is 6.30. The standard InChI is InChI=1S/C15H21ClN2S/c1-3-18-15(2,12-17)9-4-10-19-11-13-5-7-14(16)8-6-13/h5-8,18H,3-4,9-11H2,1-2H3. The molecule has 1 unspecified atom stereocenters. The Morgan fingerprint density at radius 3 is 2.63 bits per heavy atom. The zero-order valence-corrected chi connectivity index (χ0v) is 13.2. The molecule has 4 heteroatoms. The SMILES string of the molecule is CCNC(C)(C#N)CCCSCc1ccc(Cl)cc1. The van der Waals surface area contributed by atoms with Crippen molar-refractivity contribution in [3.05, 3.63) is 34.9 Å². The highest BCUT2D eigenvalue weighted by molar-refractivity contribution is 7.98. The monoisotopic (exact) mass is 296 g/mol. The lowest BCUT2D eigenvalue weighted by atomic mass is 9.98. The molecule has 0 aromatic heterocycles. The molecule has 0 heterocycles. The quantitative estimate of drug-likeness (QED) is 0.729. The van der Waals surface area contributed by atoms with E-state index in [2.05, 4.69) is 23.5 Å². The van der Waals surface area contributed by atoms with Crippen molar-refractivity contribution in [1.29, 1.82) is 5.26 Å². The molecule has 0 fully saturated rings. The van der Waals surface area contributed by atoms with Crippen LogP contribution in [0, 0.1) is 11.3 Å². The van der Waals surface area contributed by atoms with Crippen molar-refractivity contribution in [2.75, 3.05) is 12.3 Å². The van der Waals surface area contributed by atoms with Gasteiger partial charge in [-0.3, -0.25) is 5.32 Å². The Bertz CT molecular complexity index is 413. The van der Waals surface area contributed by atoms with Gasteiger partial charge < -0.3 is 0 Å². The van der Waals surface area contributed by atoms with Gasteiger partial charge >= 0.3 is 0 Å². The Kier molecular flexibility index (Phi) is 7.30. The third-order valence-corrected chi connectivity index (χ3v) is 4.33. The summed E-state index contributed by atoms with van der Waals surface area (Å²) in [6, 6.07) is 10.3. The largest absolute Gasteiger partial charge is 0.300 e. The summed E-state index contributed by atoms with van der Waals surface area (Å²) >= 11 is 7.75. The molecule has 0 spiro atoms. The van der Waals surface area contributed by atoms with Gasteiger partial charge in [0.05, 0.1) is 6.07 Å². The van der Waals surface area contributed by atoms with Gasteiger partial charge in [-0.1, -0.05) is 30.7 Å². The van der Waals surface area contributed by atoms with Gasteiger partial charge in [0.2, 0.25) is 0 Å². The molecule has 0 aliphatic carbocycles. The molecular formula is C15H21ClN2S. The first-order valence-corrected chi connectivity index (χ1v) is 8.11. The van der Waals surface area contributed by atoms with Gasteiger partial charge in [0.25, 0.3) is 0 Å². The van der Waals surface area contributed by atoms with Gasteiger partial charge in [-0.05, 0) is 49.8 Å². The normalized spacial score (nSPS) is 13.8. The lowest BCUT2D eigenvalue weighted by Crippen LogP contribution is -2.40. The van der Waals surface area contributed by atoms with Gasteiger partial charge in [-0.15, -0.1) is 0 Å². The number of nitrogens with zero attached hydrogens (tertiary/aromatic N) is 1. The van der Waals surface area contributed by atoms with Crippen LogP contribution < -0.4 is 5.32 Å². The van der Waals surface area contributed by atoms with Crippen LogP contribution in [0.25, 0.3) is 0 Å². The van der Waals surface area contributed by atoms with Crippen molar-refractivity contribution in [2.45, 2.75) is 38.0 Å². The predicted molar refractivity (Wildman–Crippen MR) is 84.5 cm³/mol. The second-order valence-electron chi connectivity index (χ2n) is 4.76. The van der Waals surface area contributed by atoms with E-state index in [4.69, 9.17) is 16.9 Å². The first-order valence-electron chi connectivity index (χ1n) is 6.58. The third-order valence-electron chi connectivity index (χ3n) is 2.96. The summed E-state index contributed by atoms with van der Waals surface area (Å²) < 4.78 is 0. The predicted octanol–water partition coefficient (Wildman–Crippen LogP) is 4.25. The summed E-state index contributed by atoms with van der Waals surface area (Å²) in [6.07, 6.45) is 1.94. The minimum absolute atomic E-state index is 0.379. The topological polar surface area (TPSA) is 35.8 Å². The molecule has 1 N–H and O–H groups in total. The van der Waals surface area contributed by atoms with Crippen LogP contribution in [0.1, 0.15) is 32.3 Å². The minimum Gasteiger partial charge on any atom is -0.300 e. The van der Waals surface area contributed by atoms with E-state index in [1.54, 1.807) is 0 Å². The first kappa shape index (κ1) is 16.4. The van der Waals surface area contributed by atoms with E-state index in [0.717, 1.165) is 35.9 Å². The third kappa shape index (κ3) is 6.33. The molecule has 1 atom stereocenters. The minimum atomic E-state index is -0.379.